The Morgan fingerprint density at radius 2 is 1.67 bits per heavy atom. The molecule has 78 valence electrons. The zero-order valence-corrected chi connectivity index (χ0v) is 9.43. The maximum Gasteiger partial charge on any atom is -0.0104 e. The third-order valence-electron chi connectivity index (χ3n) is 3.37. The molecule has 15 heavy (non-hydrogen) atoms. The Hall–Kier alpha value is -1.30. The predicted molar refractivity (Wildman–Crippen MR) is 65.8 cm³/mol. The largest absolute Gasteiger partial charge is 0.0811 e. The Kier molecular flexibility index (Phi) is 3.05. The van der Waals surface area contributed by atoms with Gasteiger partial charge in [0.2, 0.25) is 0 Å². The summed E-state index contributed by atoms with van der Waals surface area (Å²) in [5, 5.41) is 0. The molecule has 1 aromatic carbocycles. The average Bonchev–Trinajstić information content (AvgIpc) is 2.30. The highest BCUT2D eigenvalue weighted by atomic mass is 14.3. The Morgan fingerprint density at radius 1 is 1.00 bits per heavy atom. The topological polar surface area (TPSA) is 0 Å². The number of hydrogen-bond donors (Lipinski definition) is 0. The smallest absolute Gasteiger partial charge is 0.0104 e. The Bertz CT molecular complexity index is 359. The molecule has 0 heterocycles. The Labute approximate surface area is 92.3 Å². The van der Waals surface area contributed by atoms with Crippen LogP contribution in [0, 0.1) is 11.8 Å². The third-order valence-corrected chi connectivity index (χ3v) is 3.37. The van der Waals surface area contributed by atoms with E-state index in [-0.39, 0.29) is 0 Å². The van der Waals surface area contributed by atoms with Gasteiger partial charge in [-0.3, -0.25) is 0 Å². The summed E-state index contributed by atoms with van der Waals surface area (Å²) in [6.07, 6.45) is 8.95. The summed E-state index contributed by atoms with van der Waals surface area (Å²) >= 11 is 0. The van der Waals surface area contributed by atoms with Crippen LogP contribution in [0.15, 0.2) is 54.6 Å². The minimum atomic E-state index is 0.599. The van der Waals surface area contributed by atoms with Gasteiger partial charge in [-0.2, -0.15) is 0 Å². The van der Waals surface area contributed by atoms with E-state index in [1.807, 2.05) is 0 Å². The molecular formula is C15H18. The van der Waals surface area contributed by atoms with E-state index in [0.717, 1.165) is 0 Å². The van der Waals surface area contributed by atoms with E-state index in [1.165, 1.54) is 5.56 Å². The van der Waals surface area contributed by atoms with Crippen molar-refractivity contribution in [3.63, 3.8) is 0 Å². The number of allylic oxidation sites excluding steroid dienone is 4. The molecule has 0 fully saturated rings. The summed E-state index contributed by atoms with van der Waals surface area (Å²) < 4.78 is 0. The van der Waals surface area contributed by atoms with Gasteiger partial charge >= 0.3 is 0 Å². The predicted octanol–water partition coefficient (Wildman–Crippen LogP) is 4.17. The fraction of sp³-hybridized carbons (Fsp3) is 0.333. The first kappa shape index (κ1) is 10.2. The minimum absolute atomic E-state index is 0.599. The zero-order chi connectivity index (χ0) is 10.7. The first-order valence-corrected chi connectivity index (χ1v) is 5.69. The maximum absolute atomic E-state index is 2.34. The lowest BCUT2D eigenvalue weighted by Gasteiger charge is -2.27. The van der Waals surface area contributed by atoms with Gasteiger partial charge in [0.05, 0.1) is 0 Å². The van der Waals surface area contributed by atoms with Gasteiger partial charge in [0.1, 0.15) is 0 Å². The average molecular weight is 198 g/mol. The second-order valence-electron chi connectivity index (χ2n) is 4.41. The van der Waals surface area contributed by atoms with Gasteiger partial charge in [-0.1, -0.05) is 68.5 Å². The van der Waals surface area contributed by atoms with Crippen LogP contribution in [-0.4, -0.2) is 0 Å². The van der Waals surface area contributed by atoms with Crippen LogP contribution in [0.3, 0.4) is 0 Å². The molecule has 0 saturated carbocycles. The first-order chi connectivity index (χ1) is 7.29. The van der Waals surface area contributed by atoms with E-state index in [2.05, 4.69) is 68.5 Å². The number of benzene rings is 1. The summed E-state index contributed by atoms with van der Waals surface area (Å²) in [5.74, 6) is 1.88. The van der Waals surface area contributed by atoms with E-state index >= 15 is 0 Å². The maximum atomic E-state index is 2.34. The summed E-state index contributed by atoms with van der Waals surface area (Å²) in [4.78, 5) is 0. The van der Waals surface area contributed by atoms with Gasteiger partial charge in [0.15, 0.2) is 0 Å². The lowest BCUT2D eigenvalue weighted by atomic mass is 9.78. The molecule has 0 amide bonds. The molecule has 1 aromatic rings. The van der Waals surface area contributed by atoms with Gasteiger partial charge in [-0.25, -0.2) is 0 Å². The van der Waals surface area contributed by atoms with Crippen molar-refractivity contribution < 1.29 is 0 Å². The molecule has 0 spiro atoms. The molecular weight excluding hydrogens is 180 g/mol. The second kappa shape index (κ2) is 4.48. The van der Waals surface area contributed by atoms with Crippen LogP contribution in [0.2, 0.25) is 0 Å². The highest BCUT2D eigenvalue weighted by Gasteiger charge is 2.21. The standard InChI is InChI=1S/C15H18/c1-12-8-6-7-11-15(12)13(2)14-9-4-3-5-10-14/h3-13,15H,1-2H3. The van der Waals surface area contributed by atoms with E-state index in [9.17, 15) is 0 Å². The van der Waals surface area contributed by atoms with Crippen molar-refractivity contribution in [1.29, 1.82) is 0 Å². The second-order valence-corrected chi connectivity index (χ2v) is 4.41. The Morgan fingerprint density at radius 3 is 2.33 bits per heavy atom. The van der Waals surface area contributed by atoms with Crippen LogP contribution in [-0.2, 0) is 0 Å². The molecule has 0 radical (unpaired) electrons. The number of hydrogen-bond acceptors (Lipinski definition) is 0. The van der Waals surface area contributed by atoms with Crippen molar-refractivity contribution in [2.45, 2.75) is 19.8 Å². The van der Waals surface area contributed by atoms with Gasteiger partial charge in [-0.05, 0) is 23.3 Å². The van der Waals surface area contributed by atoms with Crippen molar-refractivity contribution in [2.75, 3.05) is 0 Å². The van der Waals surface area contributed by atoms with E-state index in [4.69, 9.17) is 0 Å². The summed E-state index contributed by atoms with van der Waals surface area (Å²) in [5.41, 5.74) is 1.44. The fourth-order valence-electron chi connectivity index (χ4n) is 2.34. The molecule has 0 aromatic heterocycles. The van der Waals surface area contributed by atoms with E-state index in [0.29, 0.717) is 17.8 Å². The molecule has 2 rings (SSSR count). The van der Waals surface area contributed by atoms with E-state index < -0.39 is 0 Å². The molecule has 0 N–H and O–H groups in total. The molecule has 0 nitrogen and oxygen atoms in total. The van der Waals surface area contributed by atoms with E-state index in [1.54, 1.807) is 0 Å². The van der Waals surface area contributed by atoms with Crippen LogP contribution in [0.4, 0.5) is 0 Å². The minimum Gasteiger partial charge on any atom is -0.0811 e. The molecule has 0 aliphatic heterocycles. The highest BCUT2D eigenvalue weighted by molar-refractivity contribution is 5.24. The lowest BCUT2D eigenvalue weighted by molar-refractivity contribution is 0.436. The van der Waals surface area contributed by atoms with Gasteiger partial charge in [-0.15, -0.1) is 0 Å². The van der Waals surface area contributed by atoms with Crippen molar-refractivity contribution in [1.82, 2.24) is 0 Å². The summed E-state index contributed by atoms with van der Waals surface area (Å²) in [7, 11) is 0. The normalized spacial score (nSPS) is 26.5. The van der Waals surface area contributed by atoms with Crippen molar-refractivity contribution in [2.24, 2.45) is 11.8 Å². The first-order valence-electron chi connectivity index (χ1n) is 5.69. The highest BCUT2D eigenvalue weighted by Crippen LogP contribution is 2.33. The van der Waals surface area contributed by atoms with Gasteiger partial charge in [0.25, 0.3) is 0 Å². The molecule has 3 atom stereocenters. The molecule has 3 unspecified atom stereocenters. The lowest BCUT2D eigenvalue weighted by Crippen LogP contribution is -2.16. The fourth-order valence-corrected chi connectivity index (χ4v) is 2.34. The molecule has 0 saturated heterocycles. The van der Waals surface area contributed by atoms with Crippen LogP contribution in [0.1, 0.15) is 25.3 Å². The Balaban J connectivity index is 2.18. The molecule has 1 aliphatic carbocycles. The van der Waals surface area contributed by atoms with Crippen LogP contribution in [0.5, 0.6) is 0 Å². The molecule has 0 bridgehead atoms. The molecule has 1 aliphatic rings. The van der Waals surface area contributed by atoms with Crippen molar-refractivity contribution in [3.05, 3.63) is 60.2 Å². The monoisotopic (exact) mass is 198 g/mol. The summed E-state index contributed by atoms with van der Waals surface area (Å²) in [6, 6.07) is 10.8. The van der Waals surface area contributed by atoms with Crippen LogP contribution >= 0.6 is 0 Å². The third kappa shape index (κ3) is 2.20. The van der Waals surface area contributed by atoms with Gasteiger partial charge < -0.3 is 0 Å². The quantitative estimate of drug-likeness (QED) is 0.669. The summed E-state index contributed by atoms with van der Waals surface area (Å²) in [6.45, 7) is 4.62. The van der Waals surface area contributed by atoms with Gasteiger partial charge in [0, 0.05) is 0 Å². The van der Waals surface area contributed by atoms with Crippen molar-refractivity contribution >= 4 is 0 Å². The zero-order valence-electron chi connectivity index (χ0n) is 9.43. The van der Waals surface area contributed by atoms with Crippen molar-refractivity contribution in [3.8, 4) is 0 Å². The SMILES string of the molecule is CC1C=CC=CC1C(C)c1ccccc1. The van der Waals surface area contributed by atoms with Crippen LogP contribution in [0.25, 0.3) is 0 Å². The number of rotatable bonds is 2. The van der Waals surface area contributed by atoms with Crippen LogP contribution < -0.4 is 0 Å². The molecule has 0 heteroatoms.